The molecule has 0 radical (unpaired) electrons. The number of likely N-dealkylation sites (tertiary alicyclic amines) is 1. The predicted molar refractivity (Wildman–Crippen MR) is 130 cm³/mol. The number of primary amides is 1. The van der Waals surface area contributed by atoms with Gasteiger partial charge in [0.05, 0.1) is 35.3 Å². The van der Waals surface area contributed by atoms with E-state index < -0.39 is 17.7 Å². The van der Waals surface area contributed by atoms with Crippen molar-refractivity contribution in [2.24, 2.45) is 11.7 Å². The van der Waals surface area contributed by atoms with Crippen LogP contribution in [0.25, 0.3) is 10.2 Å². The molecule has 1 aliphatic rings. The topological polar surface area (TPSA) is 140 Å². The minimum absolute atomic E-state index is 0.00900. The molecule has 1 aliphatic heterocycles. The largest absolute Gasteiger partial charge is 0.480 e. The number of anilines is 2. The van der Waals surface area contributed by atoms with Gasteiger partial charge in [-0.1, -0.05) is 24.3 Å². The zero-order valence-electron chi connectivity index (χ0n) is 19.1. The van der Waals surface area contributed by atoms with Crippen molar-refractivity contribution in [3.63, 3.8) is 0 Å². The summed E-state index contributed by atoms with van der Waals surface area (Å²) in [6.45, 7) is 2.52. The molecule has 34 heavy (non-hydrogen) atoms. The molecule has 3 amide bonds. The summed E-state index contributed by atoms with van der Waals surface area (Å²) < 4.78 is 6.06. The molecule has 0 bridgehead atoms. The van der Waals surface area contributed by atoms with Crippen LogP contribution in [-0.2, 0) is 9.59 Å². The van der Waals surface area contributed by atoms with Crippen molar-refractivity contribution in [1.82, 2.24) is 14.9 Å². The van der Waals surface area contributed by atoms with Crippen LogP contribution in [0.2, 0.25) is 0 Å². The van der Waals surface area contributed by atoms with Gasteiger partial charge in [0.1, 0.15) is 5.56 Å². The van der Waals surface area contributed by atoms with Crippen LogP contribution in [0, 0.1) is 5.92 Å². The molecule has 2 atom stereocenters. The molecule has 10 nitrogen and oxygen atoms in total. The number of aromatic nitrogens is 2. The van der Waals surface area contributed by atoms with Crippen LogP contribution in [0.15, 0.2) is 30.5 Å². The van der Waals surface area contributed by atoms with Crippen molar-refractivity contribution >= 4 is 50.1 Å². The fourth-order valence-electron chi connectivity index (χ4n) is 4.16. The Hall–Kier alpha value is -3.73. The summed E-state index contributed by atoms with van der Waals surface area (Å²) in [6, 6.07) is 7.07. The highest BCUT2D eigenvalue weighted by Gasteiger charge is 2.34. The Morgan fingerprint density at radius 2 is 2.03 bits per heavy atom. The molecular formula is C23H26N6O4S. The molecule has 1 saturated heterocycles. The number of piperidine rings is 1. The lowest BCUT2D eigenvalue weighted by Gasteiger charge is -2.38. The molecule has 3 aromatic rings. The number of nitrogens with zero attached hydrogens (tertiary/aromatic N) is 3. The van der Waals surface area contributed by atoms with Crippen LogP contribution >= 0.6 is 11.3 Å². The van der Waals surface area contributed by atoms with Crippen LogP contribution < -0.4 is 21.1 Å². The monoisotopic (exact) mass is 482 g/mol. The van der Waals surface area contributed by atoms with Crippen molar-refractivity contribution in [2.75, 3.05) is 31.3 Å². The molecule has 4 rings (SSSR count). The van der Waals surface area contributed by atoms with Crippen molar-refractivity contribution in [1.29, 1.82) is 0 Å². The quantitative estimate of drug-likeness (QED) is 0.475. The zero-order valence-corrected chi connectivity index (χ0v) is 19.9. The van der Waals surface area contributed by atoms with Crippen LogP contribution in [-0.4, -0.2) is 53.3 Å². The van der Waals surface area contributed by atoms with E-state index in [0.717, 1.165) is 33.8 Å². The second-order valence-corrected chi connectivity index (χ2v) is 9.28. The summed E-state index contributed by atoms with van der Waals surface area (Å²) in [7, 11) is 3.18. The number of thiazole rings is 1. The van der Waals surface area contributed by atoms with E-state index in [1.165, 1.54) is 19.4 Å². The van der Waals surface area contributed by atoms with Crippen molar-refractivity contribution in [2.45, 2.75) is 25.8 Å². The van der Waals surface area contributed by atoms with Crippen LogP contribution in [0.1, 0.15) is 41.7 Å². The predicted octanol–water partition coefficient (Wildman–Crippen LogP) is 2.78. The van der Waals surface area contributed by atoms with E-state index in [1.54, 1.807) is 16.2 Å². The Labute approximate surface area is 200 Å². The van der Waals surface area contributed by atoms with E-state index in [9.17, 15) is 14.4 Å². The van der Waals surface area contributed by atoms with Gasteiger partial charge in [0.15, 0.2) is 5.13 Å². The van der Waals surface area contributed by atoms with Crippen molar-refractivity contribution in [3.05, 3.63) is 41.6 Å². The molecule has 0 aliphatic carbocycles. The molecule has 0 spiro atoms. The molecule has 0 saturated carbocycles. The third-order valence-electron chi connectivity index (χ3n) is 5.85. The van der Waals surface area contributed by atoms with Gasteiger partial charge in [-0.25, -0.2) is 9.97 Å². The lowest BCUT2D eigenvalue weighted by atomic mass is 9.89. The molecule has 4 N–H and O–H groups in total. The fraction of sp³-hybridized carbons (Fsp3) is 0.348. The summed E-state index contributed by atoms with van der Waals surface area (Å²) in [5, 5.41) is 6.41. The summed E-state index contributed by atoms with van der Waals surface area (Å²) in [6.07, 6.45) is 2.99. The molecular weight excluding hydrogens is 456 g/mol. The van der Waals surface area contributed by atoms with Gasteiger partial charge in [-0.2, -0.15) is 0 Å². The average molecular weight is 483 g/mol. The lowest BCUT2D eigenvalue weighted by molar-refractivity contribution is -0.146. The van der Waals surface area contributed by atoms with E-state index in [-0.39, 0.29) is 29.1 Å². The summed E-state index contributed by atoms with van der Waals surface area (Å²) in [5.74, 6) is -1.91. The van der Waals surface area contributed by atoms with Gasteiger partial charge in [0, 0.05) is 13.6 Å². The maximum atomic E-state index is 13.2. The fourth-order valence-corrected chi connectivity index (χ4v) is 4.96. The van der Waals surface area contributed by atoms with Gasteiger partial charge in [-0.05, 0) is 42.5 Å². The first-order valence-corrected chi connectivity index (χ1v) is 11.7. The van der Waals surface area contributed by atoms with Gasteiger partial charge in [0.2, 0.25) is 5.88 Å². The smallest absolute Gasteiger partial charge is 0.313 e. The minimum Gasteiger partial charge on any atom is -0.480 e. The van der Waals surface area contributed by atoms with Crippen molar-refractivity contribution in [3.8, 4) is 5.88 Å². The third kappa shape index (κ3) is 4.65. The van der Waals surface area contributed by atoms with Gasteiger partial charge in [0.25, 0.3) is 5.91 Å². The SMILES string of the molecule is CNc1nc2cc([C@@H]3CC[C@@H](C)CN3C(=O)C(=O)Nc3cnc(OC)c(C(N)=O)c3)ccc2s1. The minimum atomic E-state index is -0.811. The molecule has 1 aromatic carbocycles. The van der Waals surface area contributed by atoms with E-state index >= 15 is 0 Å². The number of nitrogens with one attached hydrogen (secondary N) is 2. The standard InChI is InChI=1S/C23H26N6O4S/c1-12-4-6-17(13-5-7-18-16(8-13)28-23(25-2)34-18)29(11-12)22(32)20(31)27-14-9-15(19(24)30)21(33-3)26-10-14/h5,7-10,12,17H,4,6,11H2,1-3H3,(H2,24,30)(H,25,28)(H,27,31)/t12-,17+/m1/s1. The van der Waals surface area contributed by atoms with Gasteiger partial charge in [-0.3, -0.25) is 14.4 Å². The maximum Gasteiger partial charge on any atom is 0.313 e. The van der Waals surface area contributed by atoms with E-state index in [2.05, 4.69) is 27.5 Å². The molecule has 11 heteroatoms. The molecule has 0 unspecified atom stereocenters. The number of pyridine rings is 1. The first-order valence-electron chi connectivity index (χ1n) is 10.8. The lowest BCUT2D eigenvalue weighted by Crippen LogP contribution is -2.46. The van der Waals surface area contributed by atoms with Crippen LogP contribution in [0.3, 0.4) is 0 Å². The molecule has 1 fully saturated rings. The van der Waals surface area contributed by atoms with Crippen LogP contribution in [0.5, 0.6) is 5.88 Å². The highest BCUT2D eigenvalue weighted by Crippen LogP contribution is 2.36. The maximum absolute atomic E-state index is 13.2. The number of fused-ring (bicyclic) bond motifs is 1. The number of benzene rings is 1. The Kier molecular flexibility index (Phi) is 6.64. The number of ether oxygens (including phenoxy) is 1. The van der Waals surface area contributed by atoms with Crippen LogP contribution in [0.4, 0.5) is 10.8 Å². The van der Waals surface area contributed by atoms with Crippen molar-refractivity contribution < 1.29 is 19.1 Å². The van der Waals surface area contributed by atoms with E-state index in [0.29, 0.717) is 6.54 Å². The molecule has 178 valence electrons. The number of carbonyl (C=O) groups excluding carboxylic acids is 3. The Balaban J connectivity index is 1.58. The number of methoxy groups -OCH3 is 1. The number of carbonyl (C=O) groups is 3. The van der Waals surface area contributed by atoms with Gasteiger partial charge >= 0.3 is 11.8 Å². The number of amides is 3. The normalized spacial score (nSPS) is 17.9. The highest BCUT2D eigenvalue weighted by molar-refractivity contribution is 7.22. The number of hydrogen-bond acceptors (Lipinski definition) is 8. The third-order valence-corrected chi connectivity index (χ3v) is 6.90. The summed E-state index contributed by atoms with van der Waals surface area (Å²) in [4.78, 5) is 47.9. The number of hydrogen-bond donors (Lipinski definition) is 3. The van der Waals surface area contributed by atoms with E-state index in [4.69, 9.17) is 10.5 Å². The van der Waals surface area contributed by atoms with Gasteiger partial charge < -0.3 is 26.0 Å². The molecule has 2 aromatic heterocycles. The van der Waals surface area contributed by atoms with E-state index in [1.807, 2.05) is 25.2 Å². The first-order chi connectivity index (χ1) is 16.3. The second kappa shape index (κ2) is 9.64. The summed E-state index contributed by atoms with van der Waals surface area (Å²) >= 11 is 1.56. The number of nitrogens with two attached hydrogens (primary N) is 1. The highest BCUT2D eigenvalue weighted by atomic mass is 32.1. The Bertz CT molecular complexity index is 1260. The second-order valence-electron chi connectivity index (χ2n) is 8.25. The summed E-state index contributed by atoms with van der Waals surface area (Å²) in [5.41, 5.74) is 7.34. The first kappa shape index (κ1) is 23.4. The Morgan fingerprint density at radius 3 is 2.74 bits per heavy atom. The average Bonchev–Trinajstić information content (AvgIpc) is 3.26. The zero-order chi connectivity index (χ0) is 24.4. The molecule has 3 heterocycles. The Morgan fingerprint density at radius 1 is 1.24 bits per heavy atom. The number of rotatable bonds is 5. The van der Waals surface area contributed by atoms with Gasteiger partial charge in [-0.15, -0.1) is 0 Å².